The fourth-order valence-electron chi connectivity index (χ4n) is 3.51. The number of rotatable bonds is 5. The first-order chi connectivity index (χ1) is 13.6. The van der Waals surface area contributed by atoms with Gasteiger partial charge in [0.2, 0.25) is 10.0 Å². The maximum Gasteiger partial charge on any atom is 0.316 e. The minimum atomic E-state index is -3.61. The maximum atomic E-state index is 13.3. The second kappa shape index (κ2) is 7.85. The summed E-state index contributed by atoms with van der Waals surface area (Å²) in [6.45, 7) is 2.82. The van der Waals surface area contributed by atoms with Crippen molar-refractivity contribution in [2.24, 2.45) is 0 Å². The molecule has 2 aromatic carbocycles. The number of hydrogen-bond acceptors (Lipinski definition) is 5. The van der Waals surface area contributed by atoms with Gasteiger partial charge in [0, 0.05) is 24.3 Å². The van der Waals surface area contributed by atoms with Gasteiger partial charge in [-0.25, -0.2) is 18.4 Å². The van der Waals surface area contributed by atoms with E-state index in [1.165, 1.54) is 4.31 Å². The first-order valence-corrected chi connectivity index (χ1v) is 11.0. The first kappa shape index (κ1) is 18.8. The van der Waals surface area contributed by atoms with Gasteiger partial charge < -0.3 is 4.74 Å². The lowest BCUT2D eigenvalue weighted by atomic mass is 10.1. The summed E-state index contributed by atoms with van der Waals surface area (Å²) in [6.07, 6.45) is 5.61. The van der Waals surface area contributed by atoms with Gasteiger partial charge in [-0.05, 0) is 36.3 Å². The highest BCUT2D eigenvalue weighted by atomic mass is 32.2. The highest BCUT2D eigenvalue weighted by Gasteiger charge is 2.32. The summed E-state index contributed by atoms with van der Waals surface area (Å²) in [4.78, 5) is 8.80. The van der Waals surface area contributed by atoms with Gasteiger partial charge in [-0.1, -0.05) is 43.3 Å². The van der Waals surface area contributed by atoms with E-state index in [1.54, 1.807) is 24.5 Å². The van der Waals surface area contributed by atoms with Gasteiger partial charge in [0.1, 0.15) is 6.10 Å². The Kier molecular flexibility index (Phi) is 5.28. The molecule has 0 spiro atoms. The lowest BCUT2D eigenvalue weighted by Gasteiger charge is -2.31. The quantitative estimate of drug-likeness (QED) is 0.660. The molecule has 1 fully saturated rings. The Morgan fingerprint density at radius 2 is 1.86 bits per heavy atom. The van der Waals surface area contributed by atoms with E-state index in [1.807, 2.05) is 37.3 Å². The number of hydrogen-bond donors (Lipinski definition) is 0. The van der Waals surface area contributed by atoms with E-state index in [0.717, 1.165) is 35.6 Å². The first-order valence-electron chi connectivity index (χ1n) is 9.53. The molecule has 4 rings (SSSR count). The molecule has 0 aliphatic carbocycles. The molecule has 0 saturated carbocycles. The lowest BCUT2D eigenvalue weighted by Crippen LogP contribution is -2.44. The number of piperidine rings is 1. The van der Waals surface area contributed by atoms with Crippen LogP contribution >= 0.6 is 0 Å². The van der Waals surface area contributed by atoms with Gasteiger partial charge in [-0.3, -0.25) is 0 Å². The number of sulfonamides is 1. The normalized spacial score (nSPS) is 18.2. The van der Waals surface area contributed by atoms with Crippen LogP contribution in [-0.4, -0.2) is 41.9 Å². The van der Waals surface area contributed by atoms with Crippen molar-refractivity contribution in [2.75, 3.05) is 13.1 Å². The van der Waals surface area contributed by atoms with Crippen molar-refractivity contribution in [1.29, 1.82) is 0 Å². The Balaban J connectivity index is 1.56. The van der Waals surface area contributed by atoms with Crippen LogP contribution in [0.2, 0.25) is 0 Å². The van der Waals surface area contributed by atoms with Crippen LogP contribution in [0, 0.1) is 0 Å². The van der Waals surface area contributed by atoms with Crippen molar-refractivity contribution in [3.05, 3.63) is 60.4 Å². The minimum Gasteiger partial charge on any atom is -0.459 e. The van der Waals surface area contributed by atoms with Crippen LogP contribution in [0.15, 0.2) is 59.8 Å². The molecule has 6 nitrogen and oxygen atoms in total. The Bertz CT molecular complexity index is 1060. The van der Waals surface area contributed by atoms with E-state index in [4.69, 9.17) is 4.74 Å². The van der Waals surface area contributed by atoms with Crippen molar-refractivity contribution < 1.29 is 13.2 Å². The second-order valence-corrected chi connectivity index (χ2v) is 8.86. The van der Waals surface area contributed by atoms with Gasteiger partial charge in [0.15, 0.2) is 0 Å². The molecular formula is C21H23N3O3S. The number of ether oxygens (including phenoxy) is 1. The van der Waals surface area contributed by atoms with Gasteiger partial charge >= 0.3 is 6.01 Å². The van der Waals surface area contributed by atoms with E-state index >= 15 is 0 Å². The Morgan fingerprint density at radius 1 is 1.11 bits per heavy atom. The summed E-state index contributed by atoms with van der Waals surface area (Å²) in [5.41, 5.74) is 1.04. The lowest BCUT2D eigenvalue weighted by molar-refractivity contribution is 0.119. The summed E-state index contributed by atoms with van der Waals surface area (Å²) in [7, 11) is -3.61. The number of fused-ring (bicyclic) bond motifs is 1. The summed E-state index contributed by atoms with van der Waals surface area (Å²) in [6, 6.07) is 13.2. The molecule has 1 saturated heterocycles. The van der Waals surface area contributed by atoms with Gasteiger partial charge in [0.05, 0.1) is 11.4 Å². The Hall–Kier alpha value is -2.51. The third kappa shape index (κ3) is 3.72. The van der Waals surface area contributed by atoms with Crippen molar-refractivity contribution >= 4 is 20.8 Å². The average molecular weight is 398 g/mol. The van der Waals surface area contributed by atoms with E-state index < -0.39 is 10.0 Å². The number of aromatic nitrogens is 2. The summed E-state index contributed by atoms with van der Waals surface area (Å²) in [5, 5.41) is 1.66. The van der Waals surface area contributed by atoms with Gasteiger partial charge in [-0.15, -0.1) is 0 Å². The smallest absolute Gasteiger partial charge is 0.316 e. The van der Waals surface area contributed by atoms with Crippen LogP contribution in [0.3, 0.4) is 0 Å². The predicted octanol–water partition coefficient (Wildman–Crippen LogP) is 3.42. The zero-order chi connectivity index (χ0) is 19.6. The zero-order valence-corrected chi connectivity index (χ0v) is 16.6. The predicted molar refractivity (Wildman–Crippen MR) is 108 cm³/mol. The zero-order valence-electron chi connectivity index (χ0n) is 15.8. The molecule has 0 radical (unpaired) electrons. The molecule has 28 heavy (non-hydrogen) atoms. The second-order valence-electron chi connectivity index (χ2n) is 6.95. The number of aryl methyl sites for hydroxylation is 1. The van der Waals surface area contributed by atoms with Crippen molar-refractivity contribution in [3.8, 4) is 6.01 Å². The van der Waals surface area contributed by atoms with Crippen molar-refractivity contribution in [3.63, 3.8) is 0 Å². The minimum absolute atomic E-state index is 0.258. The molecule has 3 aromatic rings. The highest BCUT2D eigenvalue weighted by molar-refractivity contribution is 7.89. The largest absolute Gasteiger partial charge is 0.459 e. The average Bonchev–Trinajstić information content (AvgIpc) is 2.74. The molecule has 1 unspecified atom stereocenters. The maximum absolute atomic E-state index is 13.3. The SMILES string of the molecule is CCc1cnc(OC2CCCN(S(=O)(=O)c3cccc4ccccc34)C2)nc1. The van der Waals surface area contributed by atoms with E-state index in [-0.39, 0.29) is 6.10 Å². The Labute approximate surface area is 165 Å². The van der Waals surface area contributed by atoms with Crippen LogP contribution in [0.5, 0.6) is 6.01 Å². The summed E-state index contributed by atoms with van der Waals surface area (Å²) in [5.74, 6) is 0. The van der Waals surface area contributed by atoms with E-state index in [2.05, 4.69) is 9.97 Å². The fourth-order valence-corrected chi connectivity index (χ4v) is 5.24. The molecular weight excluding hydrogens is 374 g/mol. The number of benzene rings is 2. The van der Waals surface area contributed by atoms with Crippen molar-refractivity contribution in [1.82, 2.24) is 14.3 Å². The Morgan fingerprint density at radius 3 is 2.64 bits per heavy atom. The fraction of sp³-hybridized carbons (Fsp3) is 0.333. The van der Waals surface area contributed by atoms with Crippen LogP contribution < -0.4 is 4.74 Å². The van der Waals surface area contributed by atoms with Crippen LogP contribution in [0.1, 0.15) is 25.3 Å². The van der Waals surface area contributed by atoms with Gasteiger partial charge in [0.25, 0.3) is 0 Å². The third-order valence-electron chi connectivity index (χ3n) is 5.07. The molecule has 2 heterocycles. The van der Waals surface area contributed by atoms with Crippen molar-refractivity contribution in [2.45, 2.75) is 37.2 Å². The van der Waals surface area contributed by atoms with Gasteiger partial charge in [-0.2, -0.15) is 4.31 Å². The highest BCUT2D eigenvalue weighted by Crippen LogP contribution is 2.28. The topological polar surface area (TPSA) is 72.4 Å². The molecule has 0 amide bonds. The molecule has 146 valence electrons. The molecule has 1 aromatic heterocycles. The monoisotopic (exact) mass is 397 g/mol. The van der Waals surface area contributed by atoms with Crippen LogP contribution in [-0.2, 0) is 16.4 Å². The molecule has 7 heteroatoms. The van der Waals surface area contributed by atoms with Crippen LogP contribution in [0.25, 0.3) is 10.8 Å². The summed E-state index contributed by atoms with van der Waals surface area (Å²) >= 11 is 0. The summed E-state index contributed by atoms with van der Waals surface area (Å²) < 4.78 is 34.0. The van der Waals surface area contributed by atoms with E-state index in [0.29, 0.717) is 24.0 Å². The molecule has 1 aliphatic heterocycles. The molecule has 1 aliphatic rings. The molecule has 1 atom stereocenters. The van der Waals surface area contributed by atoms with Crippen LogP contribution in [0.4, 0.5) is 0 Å². The standard InChI is InChI=1S/C21H23N3O3S/c1-2-16-13-22-21(23-14-16)27-18-9-6-12-24(15-18)28(25,26)20-11-5-8-17-7-3-4-10-19(17)20/h3-5,7-8,10-11,13-14,18H,2,6,9,12,15H2,1H3. The number of nitrogens with zero attached hydrogens (tertiary/aromatic N) is 3. The molecule has 0 N–H and O–H groups in total. The van der Waals surface area contributed by atoms with E-state index in [9.17, 15) is 8.42 Å². The third-order valence-corrected chi connectivity index (χ3v) is 6.99. The molecule has 0 bridgehead atoms.